The summed E-state index contributed by atoms with van der Waals surface area (Å²) < 4.78 is 0. The van der Waals surface area contributed by atoms with E-state index in [2.05, 4.69) is 6.92 Å². The van der Waals surface area contributed by atoms with E-state index in [0.717, 1.165) is 12.8 Å². The summed E-state index contributed by atoms with van der Waals surface area (Å²) >= 11 is 0. The molecule has 0 unspecified atom stereocenters. The molecule has 3 nitrogen and oxygen atoms in total. The third-order valence-corrected chi connectivity index (χ3v) is 2.36. The van der Waals surface area contributed by atoms with Crippen molar-refractivity contribution in [1.82, 2.24) is 5.06 Å². The Morgan fingerprint density at radius 3 is 2.00 bits per heavy atom. The van der Waals surface area contributed by atoms with Gasteiger partial charge >= 0.3 is 16.8 Å². The first-order chi connectivity index (χ1) is 6.68. The Kier molecular flexibility index (Phi) is 13.9. The minimum atomic E-state index is -0.182. The van der Waals surface area contributed by atoms with Crippen LogP contribution in [0.15, 0.2) is 0 Å². The fraction of sp³-hybridized carbons (Fsp3) is 0.909. The van der Waals surface area contributed by atoms with Crippen molar-refractivity contribution in [1.29, 1.82) is 0 Å². The van der Waals surface area contributed by atoms with E-state index in [1.807, 2.05) is 0 Å². The van der Waals surface area contributed by atoms with Crippen LogP contribution in [0.25, 0.3) is 0 Å². The average molecular weight is 260 g/mol. The molecule has 0 bridgehead atoms. The topological polar surface area (TPSA) is 40.5 Å². The molecule has 0 aromatic rings. The maximum atomic E-state index is 11.0. The van der Waals surface area contributed by atoms with E-state index in [0.29, 0.717) is 11.5 Å². The molecule has 0 aromatic heterocycles. The van der Waals surface area contributed by atoms with Crippen molar-refractivity contribution in [3.8, 4) is 0 Å². The van der Waals surface area contributed by atoms with E-state index < -0.39 is 0 Å². The van der Waals surface area contributed by atoms with E-state index in [4.69, 9.17) is 5.21 Å². The van der Waals surface area contributed by atoms with Crippen LogP contribution in [0.2, 0.25) is 0 Å². The summed E-state index contributed by atoms with van der Waals surface area (Å²) in [5, 5.41) is 9.46. The SMILES string of the molecule is CCCCCCCCCC(=O)N(C)O.[Co+3]. The molecule has 0 fully saturated rings. The smallest absolute Gasteiger partial charge is 0.286 e. The number of amides is 1. The molecule has 0 radical (unpaired) electrons. The van der Waals surface area contributed by atoms with Crippen molar-refractivity contribution in [2.75, 3.05) is 7.05 Å². The summed E-state index contributed by atoms with van der Waals surface area (Å²) in [7, 11) is 1.38. The molecule has 0 spiro atoms. The first-order valence-electron chi connectivity index (χ1n) is 5.64. The number of carbonyl (C=O) groups is 1. The molecular formula is C11H23CoNO2+3. The van der Waals surface area contributed by atoms with Crippen LogP contribution < -0.4 is 0 Å². The number of hydroxylamine groups is 2. The van der Waals surface area contributed by atoms with Crippen molar-refractivity contribution in [3.05, 3.63) is 0 Å². The zero-order valence-electron chi connectivity index (χ0n) is 9.79. The Bertz CT molecular complexity index is 152. The van der Waals surface area contributed by atoms with Crippen molar-refractivity contribution in [2.45, 2.75) is 58.3 Å². The van der Waals surface area contributed by atoms with Gasteiger partial charge in [-0.3, -0.25) is 10.0 Å². The summed E-state index contributed by atoms with van der Waals surface area (Å²) in [4.78, 5) is 11.0. The van der Waals surface area contributed by atoms with Gasteiger partial charge in [-0.2, -0.15) is 0 Å². The van der Waals surface area contributed by atoms with Gasteiger partial charge in [0.1, 0.15) is 0 Å². The zero-order valence-corrected chi connectivity index (χ0v) is 10.8. The first kappa shape index (κ1) is 17.3. The molecule has 90 valence electrons. The van der Waals surface area contributed by atoms with Gasteiger partial charge in [0.2, 0.25) is 5.91 Å². The number of hydrogen-bond acceptors (Lipinski definition) is 2. The first-order valence-corrected chi connectivity index (χ1v) is 5.64. The Morgan fingerprint density at radius 2 is 1.53 bits per heavy atom. The van der Waals surface area contributed by atoms with Crippen molar-refractivity contribution >= 4 is 5.91 Å². The number of rotatable bonds is 8. The minimum Gasteiger partial charge on any atom is -0.286 e. The molecule has 0 saturated carbocycles. The van der Waals surface area contributed by atoms with Gasteiger partial charge in [0, 0.05) is 13.5 Å². The summed E-state index contributed by atoms with van der Waals surface area (Å²) in [6.45, 7) is 2.20. The van der Waals surface area contributed by atoms with Crippen LogP contribution >= 0.6 is 0 Å². The Hall–Kier alpha value is -0.0635. The standard InChI is InChI=1S/C11H23NO2.Co/c1-3-4-5-6-7-8-9-10-11(13)12(2)14;/h14H,3-10H2,1-2H3;/q;+3. The van der Waals surface area contributed by atoms with E-state index in [-0.39, 0.29) is 22.7 Å². The number of nitrogens with zero attached hydrogens (tertiary/aromatic N) is 1. The van der Waals surface area contributed by atoms with Gasteiger partial charge in [0.05, 0.1) is 0 Å². The molecule has 0 heterocycles. The minimum absolute atomic E-state index is 0. The summed E-state index contributed by atoms with van der Waals surface area (Å²) in [5.41, 5.74) is 0. The second kappa shape index (κ2) is 12.0. The Morgan fingerprint density at radius 1 is 1.07 bits per heavy atom. The molecule has 0 aliphatic rings. The number of carbonyl (C=O) groups excluding carboxylic acids is 1. The van der Waals surface area contributed by atoms with Crippen LogP contribution in [-0.2, 0) is 21.6 Å². The number of hydrogen-bond donors (Lipinski definition) is 1. The maximum absolute atomic E-state index is 11.0. The molecule has 0 aromatic carbocycles. The fourth-order valence-corrected chi connectivity index (χ4v) is 1.40. The van der Waals surface area contributed by atoms with Gasteiger partial charge in [-0.05, 0) is 6.42 Å². The van der Waals surface area contributed by atoms with Gasteiger partial charge in [-0.1, -0.05) is 45.4 Å². The summed E-state index contributed by atoms with van der Waals surface area (Å²) in [5.74, 6) is -0.182. The summed E-state index contributed by atoms with van der Waals surface area (Å²) in [6.07, 6.45) is 8.86. The molecular weight excluding hydrogens is 237 g/mol. The van der Waals surface area contributed by atoms with Crippen LogP contribution in [0.1, 0.15) is 58.3 Å². The normalized spacial score (nSPS) is 9.53. The quantitative estimate of drug-likeness (QED) is 0.414. The van der Waals surface area contributed by atoms with Gasteiger partial charge in [0.15, 0.2) is 0 Å². The number of unbranched alkanes of at least 4 members (excludes halogenated alkanes) is 6. The molecule has 1 amide bonds. The fourth-order valence-electron chi connectivity index (χ4n) is 1.40. The van der Waals surface area contributed by atoms with Crippen LogP contribution in [0.5, 0.6) is 0 Å². The van der Waals surface area contributed by atoms with Crippen LogP contribution in [-0.4, -0.2) is 23.2 Å². The molecule has 0 aliphatic heterocycles. The maximum Gasteiger partial charge on any atom is 3.00 e. The molecule has 15 heavy (non-hydrogen) atoms. The van der Waals surface area contributed by atoms with Crippen molar-refractivity contribution < 1.29 is 26.8 Å². The molecule has 0 rings (SSSR count). The van der Waals surface area contributed by atoms with Gasteiger partial charge in [0.25, 0.3) is 0 Å². The van der Waals surface area contributed by atoms with E-state index in [9.17, 15) is 4.79 Å². The molecule has 0 atom stereocenters. The van der Waals surface area contributed by atoms with Crippen LogP contribution in [0, 0.1) is 0 Å². The summed E-state index contributed by atoms with van der Waals surface area (Å²) in [6, 6.07) is 0. The second-order valence-electron chi connectivity index (χ2n) is 3.79. The third kappa shape index (κ3) is 11.9. The Balaban J connectivity index is 0. The van der Waals surface area contributed by atoms with Gasteiger partial charge in [-0.25, -0.2) is 5.06 Å². The van der Waals surface area contributed by atoms with Crippen LogP contribution in [0.3, 0.4) is 0 Å². The van der Waals surface area contributed by atoms with E-state index in [1.54, 1.807) is 0 Å². The molecule has 0 saturated heterocycles. The van der Waals surface area contributed by atoms with Crippen molar-refractivity contribution in [2.24, 2.45) is 0 Å². The molecule has 1 N–H and O–H groups in total. The van der Waals surface area contributed by atoms with E-state index >= 15 is 0 Å². The van der Waals surface area contributed by atoms with Gasteiger partial charge in [-0.15, -0.1) is 0 Å². The van der Waals surface area contributed by atoms with Gasteiger partial charge < -0.3 is 0 Å². The van der Waals surface area contributed by atoms with E-state index in [1.165, 1.54) is 39.2 Å². The second-order valence-corrected chi connectivity index (χ2v) is 3.79. The average Bonchev–Trinajstić information content (AvgIpc) is 2.16. The Labute approximate surface area is 103 Å². The molecule has 4 heteroatoms. The predicted molar refractivity (Wildman–Crippen MR) is 57.2 cm³/mol. The zero-order chi connectivity index (χ0) is 10.8. The van der Waals surface area contributed by atoms with Crippen molar-refractivity contribution in [3.63, 3.8) is 0 Å². The predicted octanol–water partition coefficient (Wildman–Crippen LogP) is 2.97. The van der Waals surface area contributed by atoms with Crippen LogP contribution in [0.4, 0.5) is 0 Å². The molecule has 0 aliphatic carbocycles. The monoisotopic (exact) mass is 260 g/mol. The third-order valence-electron chi connectivity index (χ3n) is 2.36. The largest absolute Gasteiger partial charge is 3.00 e.